The minimum Gasteiger partial charge on any atom is -0.408 e. The number of likely N-dealkylation sites (tertiary alicyclic amines) is 1. The smallest absolute Gasteiger partial charge is 0.408 e. The molecule has 4 rings (SSSR count). The van der Waals surface area contributed by atoms with Crippen LogP contribution >= 0.6 is 0 Å². The Morgan fingerprint density at radius 1 is 1.23 bits per heavy atom. The van der Waals surface area contributed by atoms with Gasteiger partial charge < -0.3 is 14.2 Å². The highest BCUT2D eigenvalue weighted by atomic mass is 16.4. The number of carbonyl (C=O) groups excluding carboxylic acids is 2. The van der Waals surface area contributed by atoms with Gasteiger partial charge in [-0.1, -0.05) is 12.1 Å². The summed E-state index contributed by atoms with van der Waals surface area (Å²) in [5.74, 6) is 0.381. The third-order valence-electron chi connectivity index (χ3n) is 6.00. The first kappa shape index (κ1) is 16.9. The summed E-state index contributed by atoms with van der Waals surface area (Å²) in [7, 11) is 3.64. The van der Waals surface area contributed by atoms with E-state index >= 15 is 0 Å². The summed E-state index contributed by atoms with van der Waals surface area (Å²) < 4.78 is 6.58. The molecule has 7 nitrogen and oxygen atoms in total. The number of rotatable bonds is 3. The molecule has 2 aliphatic rings. The van der Waals surface area contributed by atoms with Gasteiger partial charge in [0.05, 0.1) is 5.52 Å². The monoisotopic (exact) mass is 357 g/mol. The van der Waals surface area contributed by atoms with Crippen molar-refractivity contribution in [3.05, 3.63) is 34.8 Å². The van der Waals surface area contributed by atoms with Crippen molar-refractivity contribution < 1.29 is 14.0 Å². The molecule has 1 saturated carbocycles. The summed E-state index contributed by atoms with van der Waals surface area (Å²) in [5, 5.41) is 0. The van der Waals surface area contributed by atoms with E-state index in [1.165, 1.54) is 4.57 Å². The topological polar surface area (TPSA) is 75.8 Å². The lowest BCUT2D eigenvalue weighted by Gasteiger charge is -2.31. The van der Waals surface area contributed by atoms with Crippen LogP contribution in [0, 0.1) is 11.8 Å². The van der Waals surface area contributed by atoms with Crippen LogP contribution in [0.25, 0.3) is 11.1 Å². The Morgan fingerprint density at radius 3 is 2.77 bits per heavy atom. The molecule has 2 fully saturated rings. The highest BCUT2D eigenvalue weighted by Crippen LogP contribution is 2.40. The second-order valence-corrected chi connectivity index (χ2v) is 7.55. The first-order valence-electron chi connectivity index (χ1n) is 9.02. The minimum atomic E-state index is -0.514. The number of hydrogen-bond acceptors (Lipinski definition) is 4. The van der Waals surface area contributed by atoms with Gasteiger partial charge in [-0.05, 0) is 36.8 Å². The van der Waals surface area contributed by atoms with Gasteiger partial charge in [0.1, 0.15) is 6.54 Å². The van der Waals surface area contributed by atoms with E-state index in [0.717, 1.165) is 19.4 Å². The Balaban J connectivity index is 1.48. The molecule has 3 atom stereocenters. The van der Waals surface area contributed by atoms with Gasteiger partial charge in [0.25, 0.3) is 0 Å². The Labute approximate surface area is 151 Å². The molecule has 0 radical (unpaired) electrons. The molecule has 2 amide bonds. The van der Waals surface area contributed by atoms with Crippen molar-refractivity contribution in [3.63, 3.8) is 0 Å². The molecule has 0 N–H and O–H groups in total. The van der Waals surface area contributed by atoms with E-state index in [1.807, 2.05) is 13.1 Å². The number of oxazole rings is 1. The van der Waals surface area contributed by atoms with Gasteiger partial charge in [-0.2, -0.15) is 0 Å². The number of carbonyl (C=O) groups is 2. The van der Waals surface area contributed by atoms with E-state index in [-0.39, 0.29) is 24.4 Å². The number of benzene rings is 1. The van der Waals surface area contributed by atoms with Crippen LogP contribution in [0.4, 0.5) is 0 Å². The average Bonchev–Trinajstić information content (AvgIpc) is 3.15. The maximum atomic E-state index is 12.8. The van der Waals surface area contributed by atoms with Crippen molar-refractivity contribution in [2.24, 2.45) is 11.8 Å². The lowest BCUT2D eigenvalue weighted by Crippen LogP contribution is -2.40. The number of hydrogen-bond donors (Lipinski definition) is 0. The lowest BCUT2D eigenvalue weighted by molar-refractivity contribution is -0.135. The molecular formula is C19H23N3O4. The first-order valence-corrected chi connectivity index (χ1v) is 9.02. The van der Waals surface area contributed by atoms with Crippen LogP contribution in [0.1, 0.15) is 19.3 Å². The van der Waals surface area contributed by atoms with Gasteiger partial charge >= 0.3 is 5.76 Å². The van der Waals surface area contributed by atoms with Crippen molar-refractivity contribution in [1.29, 1.82) is 0 Å². The van der Waals surface area contributed by atoms with Gasteiger partial charge in [-0.25, -0.2) is 4.79 Å². The largest absolute Gasteiger partial charge is 0.420 e. The van der Waals surface area contributed by atoms with Crippen LogP contribution in [0.3, 0.4) is 0 Å². The van der Waals surface area contributed by atoms with Crippen molar-refractivity contribution in [1.82, 2.24) is 14.4 Å². The fraction of sp³-hybridized carbons (Fsp3) is 0.526. The number of fused-ring (bicyclic) bond motifs is 2. The fourth-order valence-electron chi connectivity index (χ4n) is 4.42. The first-order chi connectivity index (χ1) is 12.4. The van der Waals surface area contributed by atoms with Crippen LogP contribution < -0.4 is 5.76 Å². The molecule has 0 spiro atoms. The summed E-state index contributed by atoms with van der Waals surface area (Å²) in [6.07, 6.45) is 2.34. The van der Waals surface area contributed by atoms with E-state index in [4.69, 9.17) is 4.42 Å². The zero-order valence-electron chi connectivity index (χ0n) is 15.1. The van der Waals surface area contributed by atoms with E-state index in [0.29, 0.717) is 29.4 Å². The standard InChI is InChI=1S/C19H23N3O4/c1-20-10-13-8-14(7-12(13)9-17(20)23)21(2)18(24)11-22-15-5-3-4-6-16(15)26-19(22)25/h3-6,12-14H,7-11H2,1-2H3/t12-,13+,14-/m0/s1. The number of likely N-dealkylation sites (N-methyl/N-ethyl adjacent to an activating group) is 1. The zero-order valence-corrected chi connectivity index (χ0v) is 15.1. The summed E-state index contributed by atoms with van der Waals surface area (Å²) in [5.41, 5.74) is 1.12. The molecule has 1 aliphatic heterocycles. The average molecular weight is 357 g/mol. The van der Waals surface area contributed by atoms with E-state index in [9.17, 15) is 14.4 Å². The van der Waals surface area contributed by atoms with Crippen molar-refractivity contribution in [2.45, 2.75) is 31.8 Å². The number of aromatic nitrogens is 1. The summed E-state index contributed by atoms with van der Waals surface area (Å²) >= 11 is 0. The molecule has 2 aromatic rings. The molecular weight excluding hydrogens is 334 g/mol. The maximum Gasteiger partial charge on any atom is 0.420 e. The van der Waals surface area contributed by atoms with E-state index < -0.39 is 5.76 Å². The van der Waals surface area contributed by atoms with Gasteiger partial charge in [-0.15, -0.1) is 0 Å². The molecule has 1 aromatic heterocycles. The molecule has 1 aliphatic carbocycles. The number of amides is 2. The molecule has 1 saturated heterocycles. The summed E-state index contributed by atoms with van der Waals surface area (Å²) in [6, 6.07) is 7.22. The molecule has 1 aromatic carbocycles. The molecule has 7 heteroatoms. The van der Waals surface area contributed by atoms with Crippen LogP contribution in [-0.2, 0) is 16.1 Å². The Hall–Kier alpha value is -2.57. The minimum absolute atomic E-state index is 0.0307. The molecule has 26 heavy (non-hydrogen) atoms. The van der Waals surface area contributed by atoms with Gasteiger partial charge in [-0.3, -0.25) is 14.2 Å². The van der Waals surface area contributed by atoms with Gasteiger partial charge in [0, 0.05) is 33.1 Å². The van der Waals surface area contributed by atoms with Crippen LogP contribution in [0.5, 0.6) is 0 Å². The van der Waals surface area contributed by atoms with Gasteiger partial charge in [0.15, 0.2) is 5.58 Å². The Morgan fingerprint density at radius 2 is 1.96 bits per heavy atom. The summed E-state index contributed by atoms with van der Waals surface area (Å²) in [6.45, 7) is 0.741. The SMILES string of the molecule is CN1C[C@H]2C[C@@H](N(C)C(=O)Cn3c(=O)oc4ccccc43)C[C@H]2CC1=O. The predicted molar refractivity (Wildman–Crippen MR) is 95.5 cm³/mol. The molecule has 2 heterocycles. The predicted octanol–water partition coefficient (Wildman–Crippen LogP) is 1.31. The number of piperidine rings is 1. The Bertz CT molecular complexity index is 915. The van der Waals surface area contributed by atoms with Crippen LogP contribution in [0.15, 0.2) is 33.5 Å². The van der Waals surface area contributed by atoms with E-state index in [1.54, 1.807) is 35.0 Å². The van der Waals surface area contributed by atoms with Crippen LogP contribution in [0.2, 0.25) is 0 Å². The van der Waals surface area contributed by atoms with Crippen LogP contribution in [-0.4, -0.2) is 52.9 Å². The highest BCUT2D eigenvalue weighted by molar-refractivity contribution is 5.80. The van der Waals surface area contributed by atoms with E-state index in [2.05, 4.69) is 0 Å². The normalized spacial score (nSPS) is 25.5. The highest BCUT2D eigenvalue weighted by Gasteiger charge is 2.42. The Kier molecular flexibility index (Phi) is 4.09. The quantitative estimate of drug-likeness (QED) is 0.830. The third kappa shape index (κ3) is 2.81. The maximum absolute atomic E-state index is 12.8. The molecule has 0 unspecified atom stereocenters. The molecule has 0 bridgehead atoms. The van der Waals surface area contributed by atoms with Crippen molar-refractivity contribution in [2.75, 3.05) is 20.6 Å². The lowest BCUT2D eigenvalue weighted by atomic mass is 9.88. The number of nitrogens with zero attached hydrogens (tertiary/aromatic N) is 3. The van der Waals surface area contributed by atoms with Gasteiger partial charge in [0.2, 0.25) is 11.8 Å². The van der Waals surface area contributed by atoms with Crippen molar-refractivity contribution >= 4 is 22.9 Å². The third-order valence-corrected chi connectivity index (χ3v) is 6.00. The fourth-order valence-corrected chi connectivity index (χ4v) is 4.42. The number of para-hydroxylation sites is 2. The summed E-state index contributed by atoms with van der Waals surface area (Å²) in [4.78, 5) is 40.3. The zero-order chi connectivity index (χ0) is 18.4. The second kappa shape index (κ2) is 6.30. The second-order valence-electron chi connectivity index (χ2n) is 7.55. The molecule has 138 valence electrons. The van der Waals surface area contributed by atoms with Crippen molar-refractivity contribution in [3.8, 4) is 0 Å².